The number of rotatable bonds is 3. The average molecular weight is 259 g/mol. The molecule has 0 amide bonds. The Bertz CT molecular complexity index is 567. The number of hydrogen-bond donors (Lipinski definition) is 2. The second-order valence-corrected chi connectivity index (χ2v) is 4.68. The van der Waals surface area contributed by atoms with Crippen LogP contribution in [0.2, 0.25) is 0 Å². The van der Waals surface area contributed by atoms with E-state index >= 15 is 0 Å². The molecule has 0 aliphatic carbocycles. The first-order valence-corrected chi connectivity index (χ1v) is 6.08. The molecule has 0 spiro atoms. The van der Waals surface area contributed by atoms with Crippen LogP contribution in [0.5, 0.6) is 0 Å². The van der Waals surface area contributed by atoms with Gasteiger partial charge in [-0.25, -0.2) is 4.39 Å². The van der Waals surface area contributed by atoms with Crippen molar-refractivity contribution in [3.05, 3.63) is 59.4 Å². The monoisotopic (exact) mass is 259 g/mol. The highest BCUT2D eigenvalue weighted by Crippen LogP contribution is 2.33. The van der Waals surface area contributed by atoms with Crippen LogP contribution in [0.4, 0.5) is 15.8 Å². The molecule has 2 aromatic carbocycles. The van der Waals surface area contributed by atoms with Crippen molar-refractivity contribution in [2.45, 2.75) is 6.04 Å². The summed E-state index contributed by atoms with van der Waals surface area (Å²) in [6.07, 6.45) is 0. The maximum atomic E-state index is 13.8. The molecule has 0 aromatic heterocycles. The first kappa shape index (κ1) is 13.4. The molecule has 1 unspecified atom stereocenters. The Labute approximate surface area is 112 Å². The third-order valence-corrected chi connectivity index (χ3v) is 3.14. The molecule has 0 bridgehead atoms. The molecule has 0 heterocycles. The van der Waals surface area contributed by atoms with Gasteiger partial charge >= 0.3 is 0 Å². The Morgan fingerprint density at radius 1 is 1.05 bits per heavy atom. The van der Waals surface area contributed by atoms with E-state index in [1.807, 2.05) is 30.3 Å². The second-order valence-electron chi connectivity index (χ2n) is 4.68. The van der Waals surface area contributed by atoms with Gasteiger partial charge in [0, 0.05) is 14.1 Å². The van der Waals surface area contributed by atoms with Gasteiger partial charge in [-0.1, -0.05) is 36.4 Å². The summed E-state index contributed by atoms with van der Waals surface area (Å²) in [5, 5.41) is 0. The summed E-state index contributed by atoms with van der Waals surface area (Å²) in [5.41, 5.74) is 14.7. The van der Waals surface area contributed by atoms with E-state index in [1.54, 1.807) is 25.1 Å². The van der Waals surface area contributed by atoms with Gasteiger partial charge < -0.3 is 16.4 Å². The first-order chi connectivity index (χ1) is 9.02. The smallest absolute Gasteiger partial charge is 0.148 e. The minimum absolute atomic E-state index is 0.341. The quantitative estimate of drug-likeness (QED) is 0.833. The zero-order valence-corrected chi connectivity index (χ0v) is 11.1. The molecule has 19 heavy (non-hydrogen) atoms. The molecule has 0 saturated heterocycles. The number of benzene rings is 2. The van der Waals surface area contributed by atoms with Crippen molar-refractivity contribution in [3.63, 3.8) is 0 Å². The molecule has 2 aromatic rings. The number of nitrogens with zero attached hydrogens (tertiary/aromatic N) is 1. The highest BCUT2D eigenvalue weighted by molar-refractivity contribution is 5.72. The summed E-state index contributed by atoms with van der Waals surface area (Å²) in [7, 11) is 3.51. The third kappa shape index (κ3) is 2.53. The normalized spacial score (nSPS) is 12.2. The highest BCUT2D eigenvalue weighted by Gasteiger charge is 2.18. The topological polar surface area (TPSA) is 55.3 Å². The lowest BCUT2D eigenvalue weighted by Gasteiger charge is -2.21. The van der Waals surface area contributed by atoms with E-state index in [2.05, 4.69) is 0 Å². The van der Waals surface area contributed by atoms with Gasteiger partial charge in [0.1, 0.15) is 5.82 Å². The average Bonchev–Trinajstić information content (AvgIpc) is 2.39. The van der Waals surface area contributed by atoms with Gasteiger partial charge in [-0.3, -0.25) is 0 Å². The third-order valence-electron chi connectivity index (χ3n) is 3.14. The van der Waals surface area contributed by atoms with E-state index in [4.69, 9.17) is 11.5 Å². The van der Waals surface area contributed by atoms with Crippen LogP contribution in [0.1, 0.15) is 17.2 Å². The Morgan fingerprint density at radius 2 is 1.68 bits per heavy atom. The molecular weight excluding hydrogens is 241 g/mol. The second kappa shape index (κ2) is 5.28. The molecule has 0 aliphatic heterocycles. The molecule has 4 N–H and O–H groups in total. The number of nitrogen functional groups attached to an aromatic ring is 1. The lowest BCUT2D eigenvalue weighted by atomic mass is 9.97. The van der Waals surface area contributed by atoms with Gasteiger partial charge in [0.25, 0.3) is 0 Å². The van der Waals surface area contributed by atoms with E-state index in [9.17, 15) is 4.39 Å². The van der Waals surface area contributed by atoms with Crippen LogP contribution < -0.4 is 16.4 Å². The Hall–Kier alpha value is -2.07. The molecular formula is C15H18FN3. The predicted molar refractivity (Wildman–Crippen MR) is 77.6 cm³/mol. The Kier molecular flexibility index (Phi) is 3.71. The van der Waals surface area contributed by atoms with E-state index < -0.39 is 0 Å². The summed E-state index contributed by atoms with van der Waals surface area (Å²) in [5.74, 6) is -0.341. The molecule has 0 radical (unpaired) electrons. The van der Waals surface area contributed by atoms with Crippen LogP contribution in [0.25, 0.3) is 0 Å². The van der Waals surface area contributed by atoms with Crippen LogP contribution in [0.3, 0.4) is 0 Å². The van der Waals surface area contributed by atoms with Crippen molar-refractivity contribution < 1.29 is 4.39 Å². The maximum absolute atomic E-state index is 13.8. The lowest BCUT2D eigenvalue weighted by molar-refractivity contribution is 0.625. The van der Waals surface area contributed by atoms with Crippen molar-refractivity contribution >= 4 is 11.4 Å². The molecule has 4 heteroatoms. The number of halogens is 1. The minimum Gasteiger partial charge on any atom is -0.397 e. The summed E-state index contributed by atoms with van der Waals surface area (Å²) in [6, 6.07) is 12.3. The van der Waals surface area contributed by atoms with Gasteiger partial charge in [0.2, 0.25) is 0 Å². The molecule has 0 fully saturated rings. The fourth-order valence-corrected chi connectivity index (χ4v) is 2.16. The van der Waals surface area contributed by atoms with E-state index in [1.165, 1.54) is 6.07 Å². The fraction of sp³-hybridized carbons (Fsp3) is 0.200. The van der Waals surface area contributed by atoms with Gasteiger partial charge in [-0.2, -0.15) is 0 Å². The summed E-state index contributed by atoms with van der Waals surface area (Å²) in [4.78, 5) is 1.66. The van der Waals surface area contributed by atoms with Crippen molar-refractivity contribution in [1.82, 2.24) is 0 Å². The van der Waals surface area contributed by atoms with Gasteiger partial charge in [-0.15, -0.1) is 0 Å². The Balaban J connectivity index is 2.49. The molecule has 0 aliphatic rings. The standard InChI is InChI=1S/C15H18FN3/c1-19(2)15-12(16)9-8-11(14(15)18)13(17)10-6-4-3-5-7-10/h3-9,13H,17-18H2,1-2H3. The van der Waals surface area contributed by atoms with Crippen LogP contribution in [0.15, 0.2) is 42.5 Å². The van der Waals surface area contributed by atoms with Gasteiger partial charge in [0.05, 0.1) is 17.4 Å². The summed E-state index contributed by atoms with van der Waals surface area (Å²) >= 11 is 0. The number of hydrogen-bond acceptors (Lipinski definition) is 3. The first-order valence-electron chi connectivity index (χ1n) is 6.08. The zero-order valence-electron chi connectivity index (χ0n) is 11.1. The predicted octanol–water partition coefficient (Wildman–Crippen LogP) is 2.52. The van der Waals surface area contributed by atoms with Crippen molar-refractivity contribution in [1.29, 1.82) is 0 Å². The largest absolute Gasteiger partial charge is 0.397 e. The van der Waals surface area contributed by atoms with Crippen LogP contribution in [-0.4, -0.2) is 14.1 Å². The van der Waals surface area contributed by atoms with Gasteiger partial charge in [0.15, 0.2) is 0 Å². The van der Waals surface area contributed by atoms with Crippen LogP contribution in [-0.2, 0) is 0 Å². The van der Waals surface area contributed by atoms with Crippen LogP contribution >= 0.6 is 0 Å². The van der Waals surface area contributed by atoms with Crippen LogP contribution in [0, 0.1) is 5.82 Å². The van der Waals surface area contributed by atoms with Crippen molar-refractivity contribution in [3.8, 4) is 0 Å². The number of nitrogens with two attached hydrogens (primary N) is 2. The van der Waals surface area contributed by atoms with E-state index in [0.717, 1.165) is 11.1 Å². The van der Waals surface area contributed by atoms with E-state index in [0.29, 0.717) is 11.4 Å². The zero-order chi connectivity index (χ0) is 14.0. The van der Waals surface area contributed by atoms with Gasteiger partial charge in [-0.05, 0) is 17.2 Å². The molecule has 1 atom stereocenters. The molecule has 3 nitrogen and oxygen atoms in total. The van der Waals surface area contributed by atoms with Crippen molar-refractivity contribution in [2.24, 2.45) is 5.73 Å². The summed E-state index contributed by atoms with van der Waals surface area (Å²) in [6.45, 7) is 0. The molecule has 0 saturated carbocycles. The van der Waals surface area contributed by atoms with E-state index in [-0.39, 0.29) is 11.9 Å². The molecule has 100 valence electrons. The molecule has 2 rings (SSSR count). The maximum Gasteiger partial charge on any atom is 0.148 e. The highest BCUT2D eigenvalue weighted by atomic mass is 19.1. The lowest BCUT2D eigenvalue weighted by Crippen LogP contribution is -2.18. The Morgan fingerprint density at radius 3 is 2.26 bits per heavy atom. The fourth-order valence-electron chi connectivity index (χ4n) is 2.16. The van der Waals surface area contributed by atoms with Crippen molar-refractivity contribution in [2.75, 3.05) is 24.7 Å². The number of anilines is 2. The minimum atomic E-state index is -0.361. The summed E-state index contributed by atoms with van der Waals surface area (Å²) < 4.78 is 13.8. The SMILES string of the molecule is CN(C)c1c(F)ccc(C(N)c2ccccc2)c1N.